The molecule has 1 N–H and O–H groups in total. The van der Waals surface area contributed by atoms with Crippen LogP contribution < -0.4 is 4.90 Å². The standard InChI is InChI=1S/C14H17NO3/c1-9-7-11(8-12(10(9)2)14(17)18)15-6-4-3-5-13(15)16/h7-8H,3-6H2,1-2H3,(H,17,18). The highest BCUT2D eigenvalue weighted by Crippen LogP contribution is 2.26. The number of piperidine rings is 1. The van der Waals surface area contributed by atoms with Gasteiger partial charge in [0.1, 0.15) is 0 Å². The van der Waals surface area contributed by atoms with Gasteiger partial charge >= 0.3 is 5.97 Å². The van der Waals surface area contributed by atoms with Gasteiger partial charge in [0.25, 0.3) is 0 Å². The molecule has 1 aliphatic heterocycles. The first kappa shape index (κ1) is 12.6. The van der Waals surface area contributed by atoms with Crippen LogP contribution in [0.4, 0.5) is 5.69 Å². The molecule has 4 heteroatoms. The maximum atomic E-state index is 11.9. The average molecular weight is 247 g/mol. The van der Waals surface area contributed by atoms with E-state index in [0.29, 0.717) is 18.7 Å². The summed E-state index contributed by atoms with van der Waals surface area (Å²) in [5.41, 5.74) is 2.66. The lowest BCUT2D eigenvalue weighted by Crippen LogP contribution is -2.35. The van der Waals surface area contributed by atoms with Gasteiger partial charge in [-0.2, -0.15) is 0 Å². The van der Waals surface area contributed by atoms with E-state index in [9.17, 15) is 14.7 Å². The molecule has 1 saturated heterocycles. The maximum absolute atomic E-state index is 11.9. The maximum Gasteiger partial charge on any atom is 0.336 e. The number of carbonyl (C=O) groups excluding carboxylic acids is 1. The third kappa shape index (κ3) is 2.23. The molecule has 1 aliphatic rings. The Balaban J connectivity index is 2.45. The molecular weight excluding hydrogens is 230 g/mol. The summed E-state index contributed by atoms with van der Waals surface area (Å²) in [5.74, 6) is -0.859. The van der Waals surface area contributed by atoms with Gasteiger partial charge in [-0.1, -0.05) is 0 Å². The number of benzene rings is 1. The largest absolute Gasteiger partial charge is 0.478 e. The van der Waals surface area contributed by atoms with Crippen LogP contribution in [0.25, 0.3) is 0 Å². The first-order valence-corrected chi connectivity index (χ1v) is 6.15. The van der Waals surface area contributed by atoms with E-state index >= 15 is 0 Å². The number of anilines is 1. The minimum Gasteiger partial charge on any atom is -0.478 e. The van der Waals surface area contributed by atoms with Crippen LogP contribution in [0, 0.1) is 13.8 Å². The van der Waals surface area contributed by atoms with Crippen molar-refractivity contribution in [2.45, 2.75) is 33.1 Å². The molecule has 1 amide bonds. The number of rotatable bonds is 2. The van der Waals surface area contributed by atoms with Crippen LogP contribution in [-0.2, 0) is 4.79 Å². The van der Waals surface area contributed by atoms with Crippen LogP contribution in [-0.4, -0.2) is 23.5 Å². The summed E-state index contributed by atoms with van der Waals surface area (Å²) < 4.78 is 0. The zero-order valence-electron chi connectivity index (χ0n) is 10.7. The quantitative estimate of drug-likeness (QED) is 0.873. The molecule has 1 aromatic rings. The van der Waals surface area contributed by atoms with Crippen LogP contribution in [0.1, 0.15) is 40.7 Å². The van der Waals surface area contributed by atoms with Crippen LogP contribution in [0.2, 0.25) is 0 Å². The normalized spacial score (nSPS) is 15.9. The second-order valence-corrected chi connectivity index (χ2v) is 4.74. The summed E-state index contributed by atoms with van der Waals surface area (Å²) in [5, 5.41) is 9.18. The minimum absolute atomic E-state index is 0.0841. The lowest BCUT2D eigenvalue weighted by atomic mass is 10.0. The average Bonchev–Trinajstić information content (AvgIpc) is 2.33. The lowest BCUT2D eigenvalue weighted by molar-refractivity contribution is -0.119. The van der Waals surface area contributed by atoms with E-state index in [1.807, 2.05) is 13.0 Å². The highest BCUT2D eigenvalue weighted by molar-refractivity contribution is 5.97. The fraction of sp³-hybridized carbons (Fsp3) is 0.429. The molecule has 2 rings (SSSR count). The van der Waals surface area contributed by atoms with Crippen molar-refractivity contribution in [3.05, 3.63) is 28.8 Å². The minimum atomic E-state index is -0.943. The Morgan fingerprint density at radius 2 is 2.00 bits per heavy atom. The lowest BCUT2D eigenvalue weighted by Gasteiger charge is -2.27. The molecule has 1 aromatic carbocycles. The third-order valence-corrected chi connectivity index (χ3v) is 3.52. The molecular formula is C14H17NO3. The molecule has 4 nitrogen and oxygen atoms in total. The second-order valence-electron chi connectivity index (χ2n) is 4.74. The van der Waals surface area contributed by atoms with Crippen molar-refractivity contribution in [1.82, 2.24) is 0 Å². The summed E-state index contributed by atoms with van der Waals surface area (Å²) in [7, 11) is 0. The van der Waals surface area contributed by atoms with Crippen molar-refractivity contribution < 1.29 is 14.7 Å². The third-order valence-electron chi connectivity index (χ3n) is 3.52. The Labute approximate surface area is 106 Å². The number of aryl methyl sites for hydroxylation is 1. The fourth-order valence-electron chi connectivity index (χ4n) is 2.30. The number of nitrogens with zero attached hydrogens (tertiary/aromatic N) is 1. The van der Waals surface area contributed by atoms with Gasteiger partial charge < -0.3 is 10.0 Å². The molecule has 18 heavy (non-hydrogen) atoms. The van der Waals surface area contributed by atoms with E-state index in [0.717, 1.165) is 24.0 Å². The number of hydrogen-bond donors (Lipinski definition) is 1. The van der Waals surface area contributed by atoms with Gasteiger partial charge in [0.05, 0.1) is 5.56 Å². The molecule has 0 unspecified atom stereocenters. The van der Waals surface area contributed by atoms with Crippen LogP contribution in [0.3, 0.4) is 0 Å². The Morgan fingerprint density at radius 3 is 2.61 bits per heavy atom. The summed E-state index contributed by atoms with van der Waals surface area (Å²) >= 11 is 0. The summed E-state index contributed by atoms with van der Waals surface area (Å²) in [6.07, 6.45) is 2.45. The highest BCUT2D eigenvalue weighted by Gasteiger charge is 2.21. The first-order valence-electron chi connectivity index (χ1n) is 6.15. The molecule has 0 radical (unpaired) electrons. The van der Waals surface area contributed by atoms with E-state index in [-0.39, 0.29) is 11.5 Å². The summed E-state index contributed by atoms with van der Waals surface area (Å²) in [6, 6.07) is 3.50. The van der Waals surface area contributed by atoms with Gasteiger partial charge in [-0.3, -0.25) is 4.79 Å². The number of carboxylic acids is 1. The summed E-state index contributed by atoms with van der Waals surface area (Å²) in [6.45, 7) is 4.35. The van der Waals surface area contributed by atoms with Gasteiger partial charge in [-0.15, -0.1) is 0 Å². The van der Waals surface area contributed by atoms with Crippen molar-refractivity contribution in [1.29, 1.82) is 0 Å². The van der Waals surface area contributed by atoms with Crippen LogP contribution >= 0.6 is 0 Å². The predicted molar refractivity (Wildman–Crippen MR) is 69.1 cm³/mol. The predicted octanol–water partition coefficient (Wildman–Crippen LogP) is 2.52. The van der Waals surface area contributed by atoms with Gasteiger partial charge in [0.15, 0.2) is 0 Å². The molecule has 0 aliphatic carbocycles. The molecule has 1 heterocycles. The van der Waals surface area contributed by atoms with Gasteiger partial charge in [-0.05, 0) is 49.9 Å². The molecule has 0 atom stereocenters. The Kier molecular flexibility index (Phi) is 3.36. The second kappa shape index (κ2) is 4.80. The topological polar surface area (TPSA) is 57.6 Å². The molecule has 1 fully saturated rings. The van der Waals surface area contributed by atoms with Crippen molar-refractivity contribution in [3.8, 4) is 0 Å². The molecule has 96 valence electrons. The van der Waals surface area contributed by atoms with Crippen molar-refractivity contribution in [3.63, 3.8) is 0 Å². The van der Waals surface area contributed by atoms with Crippen LogP contribution in [0.15, 0.2) is 12.1 Å². The smallest absolute Gasteiger partial charge is 0.336 e. The number of hydrogen-bond acceptors (Lipinski definition) is 2. The SMILES string of the molecule is Cc1cc(N2CCCCC2=O)cc(C(=O)O)c1C. The van der Waals surface area contributed by atoms with Crippen molar-refractivity contribution >= 4 is 17.6 Å². The number of aromatic carboxylic acids is 1. The molecule has 0 saturated carbocycles. The molecule has 0 spiro atoms. The van der Waals surface area contributed by atoms with E-state index in [1.54, 1.807) is 17.9 Å². The number of amides is 1. The zero-order valence-corrected chi connectivity index (χ0v) is 10.7. The highest BCUT2D eigenvalue weighted by atomic mass is 16.4. The van der Waals surface area contributed by atoms with Gasteiger partial charge in [0, 0.05) is 18.7 Å². The number of carbonyl (C=O) groups is 2. The first-order chi connectivity index (χ1) is 8.50. The Morgan fingerprint density at radius 1 is 1.28 bits per heavy atom. The van der Waals surface area contributed by atoms with E-state index < -0.39 is 5.97 Å². The fourth-order valence-corrected chi connectivity index (χ4v) is 2.30. The van der Waals surface area contributed by atoms with Gasteiger partial charge in [0.2, 0.25) is 5.91 Å². The monoisotopic (exact) mass is 247 g/mol. The Hall–Kier alpha value is -1.84. The summed E-state index contributed by atoms with van der Waals surface area (Å²) in [4.78, 5) is 24.7. The molecule has 0 aromatic heterocycles. The molecule has 0 bridgehead atoms. The van der Waals surface area contributed by atoms with Crippen LogP contribution in [0.5, 0.6) is 0 Å². The van der Waals surface area contributed by atoms with Crippen molar-refractivity contribution in [2.75, 3.05) is 11.4 Å². The van der Waals surface area contributed by atoms with Crippen molar-refractivity contribution in [2.24, 2.45) is 0 Å². The van der Waals surface area contributed by atoms with E-state index in [4.69, 9.17) is 0 Å². The van der Waals surface area contributed by atoms with E-state index in [1.165, 1.54) is 0 Å². The zero-order chi connectivity index (χ0) is 13.3. The van der Waals surface area contributed by atoms with Gasteiger partial charge in [-0.25, -0.2) is 4.79 Å². The van der Waals surface area contributed by atoms with E-state index in [2.05, 4.69) is 0 Å². The number of carboxylic acid groups (broad SMARTS) is 1. The Bertz CT molecular complexity index is 508.